The van der Waals surface area contributed by atoms with E-state index in [0.717, 1.165) is 57.8 Å². The molecule has 6 heteroatoms. The molecule has 6 nitrogen and oxygen atoms in total. The lowest BCUT2D eigenvalue weighted by Crippen LogP contribution is -2.63. The molecule has 0 spiro atoms. The van der Waals surface area contributed by atoms with Crippen LogP contribution in [0.5, 0.6) is 0 Å². The van der Waals surface area contributed by atoms with Crippen LogP contribution in [0.1, 0.15) is 252 Å². The first-order valence-electron chi connectivity index (χ1n) is 22.4. The van der Waals surface area contributed by atoms with Gasteiger partial charge in [-0.3, -0.25) is 14.4 Å². The molecule has 2 unspecified atom stereocenters. The van der Waals surface area contributed by atoms with Crippen molar-refractivity contribution >= 4 is 17.3 Å². The van der Waals surface area contributed by atoms with Gasteiger partial charge in [0.2, 0.25) is 0 Å². The second kappa shape index (κ2) is 35.9. The summed E-state index contributed by atoms with van der Waals surface area (Å²) in [7, 11) is 0. The van der Waals surface area contributed by atoms with Gasteiger partial charge in [-0.25, -0.2) is 0 Å². The van der Waals surface area contributed by atoms with E-state index in [1.165, 1.54) is 135 Å². The number of carbonyl (C=O) groups is 3. The first-order valence-corrected chi connectivity index (χ1v) is 22.4. The number of rotatable bonds is 41. The molecule has 0 aromatic heterocycles. The SMILES string of the molecule is CCCCCCCCCCCCCC(=O)C(O)C(O)(C(=O)CCCCCCCCCCCCC)C(O)C(=O)CCCCCCCCCCCCC. The molecule has 0 aromatic carbocycles. The second-order valence-electron chi connectivity index (χ2n) is 15.8. The predicted octanol–water partition coefficient (Wildman–Crippen LogP) is 12.2. The van der Waals surface area contributed by atoms with E-state index in [2.05, 4.69) is 20.8 Å². The minimum absolute atomic E-state index is 0.0196. The van der Waals surface area contributed by atoms with Gasteiger partial charge in [0.25, 0.3) is 0 Å². The van der Waals surface area contributed by atoms with Gasteiger partial charge in [0.05, 0.1) is 0 Å². The van der Waals surface area contributed by atoms with Crippen LogP contribution in [0, 0.1) is 0 Å². The summed E-state index contributed by atoms with van der Waals surface area (Å²) in [6, 6.07) is 0. The molecule has 2 atom stereocenters. The maximum Gasteiger partial charge on any atom is 0.189 e. The zero-order chi connectivity index (χ0) is 37.8. The Hall–Kier alpha value is -1.11. The summed E-state index contributed by atoms with van der Waals surface area (Å²) in [5.41, 5.74) is -2.79. The number of Topliss-reactive ketones (excluding diaryl/α,β-unsaturated/α-hetero) is 3. The maximum absolute atomic E-state index is 13.5. The summed E-state index contributed by atoms with van der Waals surface area (Å²) in [5, 5.41) is 33.8. The van der Waals surface area contributed by atoms with E-state index >= 15 is 0 Å². The van der Waals surface area contributed by atoms with Crippen molar-refractivity contribution in [1.29, 1.82) is 0 Å². The van der Waals surface area contributed by atoms with Crippen LogP contribution >= 0.6 is 0 Å². The molecular weight excluding hydrogens is 636 g/mol. The number of hydrogen-bond acceptors (Lipinski definition) is 6. The molecule has 0 saturated carbocycles. The van der Waals surface area contributed by atoms with Crippen molar-refractivity contribution < 1.29 is 29.7 Å². The molecule has 51 heavy (non-hydrogen) atoms. The van der Waals surface area contributed by atoms with Crippen molar-refractivity contribution in [1.82, 2.24) is 0 Å². The summed E-state index contributed by atoms with van der Waals surface area (Å²) >= 11 is 0. The fraction of sp³-hybridized carbons (Fsp3) is 0.933. The number of hydrogen-bond donors (Lipinski definition) is 3. The third-order valence-corrected chi connectivity index (χ3v) is 11.0. The Morgan fingerprint density at radius 2 is 0.549 bits per heavy atom. The lowest BCUT2D eigenvalue weighted by Gasteiger charge is -2.34. The number of aliphatic hydroxyl groups is 3. The van der Waals surface area contributed by atoms with Crippen LogP contribution < -0.4 is 0 Å². The lowest BCUT2D eigenvalue weighted by atomic mass is 9.78. The molecule has 0 rings (SSSR count). The van der Waals surface area contributed by atoms with E-state index in [9.17, 15) is 29.7 Å². The average molecular weight is 723 g/mol. The molecule has 302 valence electrons. The van der Waals surface area contributed by atoms with E-state index in [-0.39, 0.29) is 19.3 Å². The predicted molar refractivity (Wildman–Crippen MR) is 215 cm³/mol. The topological polar surface area (TPSA) is 112 Å². The Labute approximate surface area is 316 Å². The van der Waals surface area contributed by atoms with Crippen molar-refractivity contribution in [3.05, 3.63) is 0 Å². The summed E-state index contributed by atoms with van der Waals surface area (Å²) in [4.78, 5) is 39.7. The Bertz CT molecular complexity index is 767. The van der Waals surface area contributed by atoms with E-state index in [4.69, 9.17) is 0 Å². The van der Waals surface area contributed by atoms with Crippen LogP contribution in [-0.4, -0.2) is 50.5 Å². The Morgan fingerprint density at radius 3 is 0.784 bits per heavy atom. The number of aliphatic hydroxyl groups excluding tert-OH is 2. The first-order chi connectivity index (χ1) is 24.8. The number of ketones is 3. The van der Waals surface area contributed by atoms with Crippen LogP contribution in [0.3, 0.4) is 0 Å². The van der Waals surface area contributed by atoms with Crippen molar-refractivity contribution in [3.8, 4) is 0 Å². The molecule has 0 heterocycles. The summed E-state index contributed by atoms with van der Waals surface area (Å²) in [5.74, 6) is -2.12. The van der Waals surface area contributed by atoms with Gasteiger partial charge in [-0.1, -0.05) is 213 Å². The highest BCUT2D eigenvalue weighted by atomic mass is 16.4. The highest BCUT2D eigenvalue weighted by molar-refractivity contribution is 6.01. The minimum atomic E-state index is -2.79. The largest absolute Gasteiger partial charge is 0.382 e. The van der Waals surface area contributed by atoms with Gasteiger partial charge in [-0.15, -0.1) is 0 Å². The van der Waals surface area contributed by atoms with Crippen LogP contribution in [0.2, 0.25) is 0 Å². The summed E-state index contributed by atoms with van der Waals surface area (Å²) in [6.07, 6.45) is 32.7. The summed E-state index contributed by atoms with van der Waals surface area (Å²) < 4.78 is 0. The second-order valence-corrected chi connectivity index (χ2v) is 15.8. The van der Waals surface area contributed by atoms with Gasteiger partial charge in [-0.05, 0) is 19.3 Å². The Kier molecular flexibility index (Phi) is 35.1. The molecule has 0 amide bonds. The quantitative estimate of drug-likeness (QED) is 0.0542. The third-order valence-electron chi connectivity index (χ3n) is 11.0. The number of unbranched alkanes of at least 4 members (excludes halogenated alkanes) is 30. The van der Waals surface area contributed by atoms with E-state index < -0.39 is 35.2 Å². The smallest absolute Gasteiger partial charge is 0.189 e. The molecule has 3 N–H and O–H groups in total. The van der Waals surface area contributed by atoms with E-state index in [1.807, 2.05) is 0 Å². The molecule has 0 radical (unpaired) electrons. The van der Waals surface area contributed by atoms with Crippen LogP contribution in [0.4, 0.5) is 0 Å². The zero-order valence-electron chi connectivity index (χ0n) is 34.2. The van der Waals surface area contributed by atoms with Gasteiger partial charge in [0.15, 0.2) is 35.2 Å². The minimum Gasteiger partial charge on any atom is -0.382 e. The van der Waals surface area contributed by atoms with E-state index in [0.29, 0.717) is 19.3 Å². The molecule has 0 aliphatic carbocycles. The Morgan fingerprint density at radius 1 is 0.353 bits per heavy atom. The van der Waals surface area contributed by atoms with Gasteiger partial charge in [0, 0.05) is 19.3 Å². The van der Waals surface area contributed by atoms with Crippen LogP contribution in [0.25, 0.3) is 0 Å². The van der Waals surface area contributed by atoms with Gasteiger partial charge in [-0.2, -0.15) is 0 Å². The molecule has 0 bridgehead atoms. The standard InChI is InChI=1S/C45H86O6/c1-4-7-10-13-16-19-22-25-28-31-34-37-40(46)43(49)45(51,42(48)39-36-33-30-27-24-21-18-15-12-9-6-3)44(50)41(47)38-35-32-29-26-23-20-17-14-11-8-5-2/h43-44,49-51H,4-39H2,1-3H3. The van der Waals surface area contributed by atoms with Crippen molar-refractivity contribution in [2.75, 3.05) is 0 Å². The fourth-order valence-corrected chi connectivity index (χ4v) is 7.30. The first kappa shape index (κ1) is 49.9. The van der Waals surface area contributed by atoms with Gasteiger partial charge < -0.3 is 15.3 Å². The Balaban J connectivity index is 4.85. The average Bonchev–Trinajstić information content (AvgIpc) is 3.13. The normalized spacial score (nSPS) is 14.0. The van der Waals surface area contributed by atoms with Crippen molar-refractivity contribution in [2.45, 2.75) is 270 Å². The van der Waals surface area contributed by atoms with Crippen LogP contribution in [-0.2, 0) is 14.4 Å². The fourth-order valence-electron chi connectivity index (χ4n) is 7.30. The highest BCUT2D eigenvalue weighted by Crippen LogP contribution is 2.26. The third kappa shape index (κ3) is 26.3. The monoisotopic (exact) mass is 723 g/mol. The zero-order valence-corrected chi connectivity index (χ0v) is 34.2. The highest BCUT2D eigenvalue weighted by Gasteiger charge is 2.53. The van der Waals surface area contributed by atoms with Crippen molar-refractivity contribution in [2.24, 2.45) is 0 Å². The van der Waals surface area contributed by atoms with E-state index in [1.54, 1.807) is 0 Å². The van der Waals surface area contributed by atoms with Crippen molar-refractivity contribution in [3.63, 3.8) is 0 Å². The molecule has 0 aromatic rings. The molecule has 0 fully saturated rings. The van der Waals surface area contributed by atoms with Crippen LogP contribution in [0.15, 0.2) is 0 Å². The molecule has 0 aliphatic heterocycles. The molecule has 0 aliphatic rings. The van der Waals surface area contributed by atoms with Gasteiger partial charge >= 0.3 is 0 Å². The molecule has 0 saturated heterocycles. The maximum atomic E-state index is 13.5. The lowest BCUT2D eigenvalue weighted by molar-refractivity contribution is -0.181. The number of carbonyl (C=O) groups excluding carboxylic acids is 3. The summed E-state index contributed by atoms with van der Waals surface area (Å²) in [6.45, 7) is 6.68. The molecular formula is C45H86O6. The van der Waals surface area contributed by atoms with Gasteiger partial charge in [0.1, 0.15) is 0 Å².